The molecule has 0 saturated heterocycles. The van der Waals surface area contributed by atoms with Crippen molar-refractivity contribution in [3.8, 4) is 0 Å². The molecule has 0 aliphatic heterocycles. The van der Waals surface area contributed by atoms with E-state index in [2.05, 4.69) is 24.6 Å². The number of hydrogen-bond donors (Lipinski definition) is 0. The number of hydrogen-bond acceptors (Lipinski definition) is 8. The van der Waals surface area contributed by atoms with E-state index in [-0.39, 0.29) is 24.4 Å². The second-order valence-corrected chi connectivity index (χ2v) is 5.56. The van der Waals surface area contributed by atoms with Crippen LogP contribution in [-0.4, -0.2) is 44.8 Å². The molecule has 0 radical (unpaired) electrons. The third-order valence-electron chi connectivity index (χ3n) is 2.96. The van der Waals surface area contributed by atoms with Crippen molar-refractivity contribution < 1.29 is 38.9 Å². The topological polar surface area (TPSA) is 81.7 Å². The lowest BCUT2D eigenvalue weighted by Gasteiger charge is -2.21. The van der Waals surface area contributed by atoms with Crippen molar-refractivity contribution in [2.45, 2.75) is 51.7 Å². The minimum Gasteiger partial charge on any atom is -0.379 e. The maximum absolute atomic E-state index is 11.0. The highest BCUT2D eigenvalue weighted by Crippen LogP contribution is 2.13. The van der Waals surface area contributed by atoms with E-state index in [0.717, 1.165) is 0 Å². The van der Waals surface area contributed by atoms with Crippen LogP contribution in [0.2, 0.25) is 0 Å². The van der Waals surface area contributed by atoms with Crippen LogP contribution in [0.4, 0.5) is 4.79 Å². The number of carbonyl (C=O) groups excluding carboxylic acids is 1. The molecule has 0 spiro atoms. The van der Waals surface area contributed by atoms with Gasteiger partial charge in [-0.15, -0.1) is 0 Å². The van der Waals surface area contributed by atoms with Gasteiger partial charge in [0.1, 0.15) is 0 Å². The van der Waals surface area contributed by atoms with Crippen molar-refractivity contribution in [1.29, 1.82) is 0 Å². The first kappa shape index (κ1) is 20.1. The molecule has 0 aliphatic rings. The largest absolute Gasteiger partial charge is 0.575 e. The smallest absolute Gasteiger partial charge is 0.379 e. The summed E-state index contributed by atoms with van der Waals surface area (Å²) in [6, 6.07) is 0. The molecule has 0 aliphatic carbocycles. The van der Waals surface area contributed by atoms with Crippen LogP contribution in [0.15, 0.2) is 0 Å². The Hall–Kier alpha value is -0.930. The van der Waals surface area contributed by atoms with Gasteiger partial charge in [0.25, 0.3) is 0 Å². The van der Waals surface area contributed by atoms with E-state index in [4.69, 9.17) is 9.47 Å². The van der Waals surface area contributed by atoms with E-state index in [9.17, 15) is 4.79 Å². The summed E-state index contributed by atoms with van der Waals surface area (Å²) in [5.74, 6) is 0. The van der Waals surface area contributed by atoms with E-state index in [0.29, 0.717) is 12.8 Å². The lowest BCUT2D eigenvalue weighted by atomic mass is 10.1. The molecule has 0 aromatic rings. The molecule has 0 bridgehead atoms. The van der Waals surface area contributed by atoms with Gasteiger partial charge in [0.15, 0.2) is 0 Å². The highest BCUT2D eigenvalue weighted by Gasteiger charge is 2.18. The van der Waals surface area contributed by atoms with E-state index >= 15 is 0 Å². The highest BCUT2D eigenvalue weighted by molar-refractivity contribution is 5.57. The first-order valence-electron chi connectivity index (χ1n) is 6.62. The third-order valence-corrected chi connectivity index (χ3v) is 2.96. The summed E-state index contributed by atoms with van der Waals surface area (Å²) in [6.45, 7) is 7.90. The molecule has 8 heteroatoms. The normalized spacial score (nSPS) is 12.3. The quantitative estimate of drug-likeness (QED) is 0.327. The second kappa shape index (κ2) is 9.91. The van der Waals surface area contributed by atoms with Crippen molar-refractivity contribution >= 4 is 6.16 Å². The van der Waals surface area contributed by atoms with Crippen LogP contribution < -0.4 is 0 Å². The highest BCUT2D eigenvalue weighted by atomic mass is 17.5. The SMILES string of the molecule is COC(C)(C)CCOOOC(=O)OOCCC(C)(C)OC. The molecule has 0 saturated carbocycles. The van der Waals surface area contributed by atoms with Gasteiger partial charge in [-0.25, -0.2) is 4.89 Å². The van der Waals surface area contributed by atoms with Gasteiger partial charge in [-0.05, 0) is 32.7 Å². The fourth-order valence-corrected chi connectivity index (χ4v) is 0.969. The molecule has 0 aromatic heterocycles. The van der Waals surface area contributed by atoms with Crippen molar-refractivity contribution in [1.82, 2.24) is 0 Å². The van der Waals surface area contributed by atoms with Crippen LogP contribution in [-0.2, 0) is 34.1 Å². The van der Waals surface area contributed by atoms with Crippen molar-refractivity contribution in [3.05, 3.63) is 0 Å². The molecule has 0 rings (SSSR count). The van der Waals surface area contributed by atoms with Crippen LogP contribution in [0.1, 0.15) is 40.5 Å². The molecule has 0 heterocycles. The molecule has 0 amide bonds. The van der Waals surface area contributed by atoms with Gasteiger partial charge >= 0.3 is 6.16 Å². The second-order valence-electron chi connectivity index (χ2n) is 5.56. The average Bonchev–Trinajstić information content (AvgIpc) is 2.43. The van der Waals surface area contributed by atoms with Gasteiger partial charge in [0.2, 0.25) is 0 Å². The summed E-state index contributed by atoms with van der Waals surface area (Å²) in [7, 11) is 3.18. The number of rotatable bonds is 11. The van der Waals surface area contributed by atoms with E-state index < -0.39 is 6.16 Å². The maximum Gasteiger partial charge on any atom is 0.575 e. The summed E-state index contributed by atoms with van der Waals surface area (Å²) < 4.78 is 10.3. The van der Waals surface area contributed by atoms with E-state index in [1.807, 2.05) is 27.7 Å². The molecule has 126 valence electrons. The first-order valence-corrected chi connectivity index (χ1v) is 6.62. The maximum atomic E-state index is 11.0. The zero-order valence-corrected chi connectivity index (χ0v) is 13.6. The van der Waals surface area contributed by atoms with Gasteiger partial charge in [-0.1, -0.05) is 0 Å². The van der Waals surface area contributed by atoms with Gasteiger partial charge < -0.3 is 9.47 Å². The number of methoxy groups -OCH3 is 2. The van der Waals surface area contributed by atoms with Crippen LogP contribution in [0.3, 0.4) is 0 Å². The zero-order valence-electron chi connectivity index (χ0n) is 13.6. The Morgan fingerprint density at radius 2 is 1.29 bits per heavy atom. The molecule has 0 atom stereocenters. The Morgan fingerprint density at radius 1 is 0.810 bits per heavy atom. The Bertz CT molecular complexity index is 290. The lowest BCUT2D eigenvalue weighted by molar-refractivity contribution is -0.495. The number of carbonyl (C=O) groups is 1. The van der Waals surface area contributed by atoms with Gasteiger partial charge in [-0.2, -0.15) is 14.6 Å². The summed E-state index contributed by atoms with van der Waals surface area (Å²) in [4.78, 5) is 28.8. The number of ether oxygens (including phenoxy) is 2. The average molecular weight is 310 g/mol. The Labute approximate surface area is 125 Å². The summed E-state index contributed by atoms with van der Waals surface area (Å²) in [6.07, 6.45) is -0.0543. The standard InChI is InChI=1S/C13H26O8/c1-12(2,15-5)7-9-17-19-11(14)20-21-18-10-8-13(3,4)16-6/h7-10H2,1-6H3. The Balaban J connectivity index is 3.51. The van der Waals surface area contributed by atoms with E-state index in [1.165, 1.54) is 0 Å². The van der Waals surface area contributed by atoms with Gasteiger partial charge in [0.05, 0.1) is 24.4 Å². The summed E-state index contributed by atoms with van der Waals surface area (Å²) in [5.41, 5.74) is -0.706. The molecular formula is C13H26O8. The van der Waals surface area contributed by atoms with Crippen molar-refractivity contribution in [2.24, 2.45) is 0 Å². The first-order chi connectivity index (χ1) is 9.72. The van der Waals surface area contributed by atoms with Gasteiger partial charge in [0, 0.05) is 27.1 Å². The molecule has 0 fully saturated rings. The third kappa shape index (κ3) is 11.4. The zero-order chi connectivity index (χ0) is 16.4. The monoisotopic (exact) mass is 310 g/mol. The van der Waals surface area contributed by atoms with Crippen LogP contribution in [0.25, 0.3) is 0 Å². The molecule has 0 N–H and O–H groups in total. The predicted molar refractivity (Wildman–Crippen MR) is 72.0 cm³/mol. The van der Waals surface area contributed by atoms with Crippen molar-refractivity contribution in [2.75, 3.05) is 27.4 Å². The minimum atomic E-state index is -1.16. The van der Waals surface area contributed by atoms with Crippen LogP contribution in [0.5, 0.6) is 0 Å². The fourth-order valence-electron chi connectivity index (χ4n) is 0.969. The van der Waals surface area contributed by atoms with Crippen LogP contribution >= 0.6 is 0 Å². The molecule has 21 heavy (non-hydrogen) atoms. The van der Waals surface area contributed by atoms with E-state index in [1.54, 1.807) is 14.2 Å². The molecule has 8 nitrogen and oxygen atoms in total. The fraction of sp³-hybridized carbons (Fsp3) is 0.923. The Morgan fingerprint density at radius 3 is 1.76 bits per heavy atom. The molecule has 0 aromatic carbocycles. The van der Waals surface area contributed by atoms with Crippen LogP contribution in [0, 0.1) is 0 Å². The van der Waals surface area contributed by atoms with Crippen molar-refractivity contribution in [3.63, 3.8) is 0 Å². The summed E-state index contributed by atoms with van der Waals surface area (Å²) >= 11 is 0. The minimum absolute atomic E-state index is 0.166. The summed E-state index contributed by atoms with van der Waals surface area (Å²) in [5, 5.41) is 4.22. The van der Waals surface area contributed by atoms with Gasteiger partial charge in [-0.3, -0.25) is 4.89 Å². The Kier molecular flexibility index (Phi) is 9.47. The molecular weight excluding hydrogens is 284 g/mol. The molecule has 0 unspecified atom stereocenters. The lowest BCUT2D eigenvalue weighted by Crippen LogP contribution is -2.25. The predicted octanol–water partition coefficient (Wildman–Crippen LogP) is 2.56.